The molecule has 3 aromatic rings. The second-order valence-corrected chi connectivity index (χ2v) is 12.2. The van der Waals surface area contributed by atoms with Crippen molar-refractivity contribution in [2.45, 2.75) is 62.6 Å². The molecule has 9 nitrogen and oxygen atoms in total. The Morgan fingerprint density at radius 2 is 1.57 bits per heavy atom. The number of hydrogen-bond acceptors (Lipinski definition) is 6. The molecule has 1 aliphatic carbocycles. The van der Waals surface area contributed by atoms with E-state index in [1.807, 2.05) is 25.1 Å². The smallest absolute Gasteiger partial charge is 0.264 e. The normalized spacial score (nSPS) is 14.2. The molecule has 224 valence electrons. The van der Waals surface area contributed by atoms with Gasteiger partial charge in [0.15, 0.2) is 0 Å². The fraction of sp³-hybridized carbons (Fsp3) is 0.375. The molecule has 0 spiro atoms. The van der Waals surface area contributed by atoms with E-state index in [-0.39, 0.29) is 23.4 Å². The number of para-hydroxylation sites is 1. The van der Waals surface area contributed by atoms with Gasteiger partial charge in [0.2, 0.25) is 11.8 Å². The first-order valence-corrected chi connectivity index (χ1v) is 15.7. The summed E-state index contributed by atoms with van der Waals surface area (Å²) < 4.78 is 39.6. The zero-order valence-corrected chi connectivity index (χ0v) is 25.2. The average Bonchev–Trinajstić information content (AvgIpc) is 3.53. The van der Waals surface area contributed by atoms with E-state index in [4.69, 9.17) is 9.47 Å². The van der Waals surface area contributed by atoms with E-state index in [2.05, 4.69) is 5.32 Å². The summed E-state index contributed by atoms with van der Waals surface area (Å²) in [6.07, 6.45) is 4.31. The molecule has 0 aromatic heterocycles. The maximum absolute atomic E-state index is 14.2. The van der Waals surface area contributed by atoms with Crippen LogP contribution in [0.4, 0.5) is 5.69 Å². The van der Waals surface area contributed by atoms with E-state index in [0.29, 0.717) is 23.6 Å². The number of nitrogens with one attached hydrogen (secondary N) is 1. The first kappa shape index (κ1) is 30.9. The van der Waals surface area contributed by atoms with Crippen LogP contribution >= 0.6 is 0 Å². The second kappa shape index (κ2) is 14.2. The van der Waals surface area contributed by atoms with Gasteiger partial charge < -0.3 is 19.7 Å². The van der Waals surface area contributed by atoms with Crippen molar-refractivity contribution in [3.63, 3.8) is 0 Å². The van der Waals surface area contributed by atoms with Crippen molar-refractivity contribution in [2.24, 2.45) is 0 Å². The van der Waals surface area contributed by atoms with Gasteiger partial charge in [-0.1, -0.05) is 50.1 Å². The molecule has 0 aliphatic heterocycles. The maximum Gasteiger partial charge on any atom is 0.264 e. The summed E-state index contributed by atoms with van der Waals surface area (Å²) in [6.45, 7) is 1.47. The standard InChI is InChI=1S/C32H39N3O6S/c1-4-30(32(37)33-25-12-8-9-13-25)34(22-24-11-10-16-28(21-24)41-3)31(36)23-35(26-14-6-5-7-15-26)42(38,39)29-19-17-27(40-2)18-20-29/h5-7,10-11,14-21,25,30H,4,8-9,12-13,22-23H2,1-3H3,(H,33,37)/t30-/m1/s1. The monoisotopic (exact) mass is 593 g/mol. The van der Waals surface area contributed by atoms with Gasteiger partial charge in [-0.15, -0.1) is 0 Å². The van der Waals surface area contributed by atoms with Crippen LogP contribution in [0.15, 0.2) is 83.8 Å². The molecule has 0 saturated heterocycles. The quantitative estimate of drug-likeness (QED) is 0.306. The predicted octanol–water partition coefficient (Wildman–Crippen LogP) is 4.77. The molecule has 1 atom stereocenters. The van der Waals surface area contributed by atoms with Gasteiger partial charge in [-0.25, -0.2) is 8.42 Å². The molecule has 10 heteroatoms. The molecule has 2 amide bonds. The van der Waals surface area contributed by atoms with Crippen molar-refractivity contribution < 1.29 is 27.5 Å². The van der Waals surface area contributed by atoms with Crippen molar-refractivity contribution in [3.8, 4) is 11.5 Å². The van der Waals surface area contributed by atoms with Crippen LogP contribution in [0.25, 0.3) is 0 Å². The Labute approximate surface area is 248 Å². The molecular formula is C32H39N3O6S. The number of ether oxygens (including phenoxy) is 2. The highest BCUT2D eigenvalue weighted by Gasteiger charge is 2.34. The van der Waals surface area contributed by atoms with Crippen molar-refractivity contribution >= 4 is 27.5 Å². The fourth-order valence-electron chi connectivity index (χ4n) is 5.25. The molecule has 1 saturated carbocycles. The van der Waals surface area contributed by atoms with E-state index in [9.17, 15) is 18.0 Å². The van der Waals surface area contributed by atoms with Crippen molar-refractivity contribution in [1.29, 1.82) is 0 Å². The van der Waals surface area contributed by atoms with Crippen LogP contribution in [-0.4, -0.2) is 58.0 Å². The molecule has 1 N–H and O–H groups in total. The molecule has 1 aliphatic rings. The number of nitrogens with zero attached hydrogens (tertiary/aromatic N) is 2. The maximum atomic E-state index is 14.2. The fourth-order valence-corrected chi connectivity index (χ4v) is 6.67. The minimum atomic E-state index is -4.15. The highest BCUT2D eigenvalue weighted by molar-refractivity contribution is 7.92. The summed E-state index contributed by atoms with van der Waals surface area (Å²) >= 11 is 0. The number of carbonyl (C=O) groups is 2. The lowest BCUT2D eigenvalue weighted by Crippen LogP contribution is -2.53. The van der Waals surface area contributed by atoms with Crippen LogP contribution < -0.4 is 19.1 Å². The van der Waals surface area contributed by atoms with E-state index < -0.39 is 28.5 Å². The number of methoxy groups -OCH3 is 2. The second-order valence-electron chi connectivity index (χ2n) is 10.3. The lowest BCUT2D eigenvalue weighted by atomic mass is 10.1. The molecule has 1 fully saturated rings. The van der Waals surface area contributed by atoms with Crippen molar-refractivity contribution in [2.75, 3.05) is 25.1 Å². The predicted molar refractivity (Wildman–Crippen MR) is 162 cm³/mol. The van der Waals surface area contributed by atoms with Crippen LogP contribution in [0.5, 0.6) is 11.5 Å². The average molecular weight is 594 g/mol. The summed E-state index contributed by atoms with van der Waals surface area (Å²) in [7, 11) is -1.09. The first-order chi connectivity index (χ1) is 20.3. The van der Waals surface area contributed by atoms with Gasteiger partial charge in [0.05, 0.1) is 24.8 Å². The lowest BCUT2D eigenvalue weighted by molar-refractivity contribution is -0.140. The van der Waals surface area contributed by atoms with Crippen molar-refractivity contribution in [1.82, 2.24) is 10.2 Å². The summed E-state index contributed by atoms with van der Waals surface area (Å²) in [4.78, 5) is 29.2. The number of rotatable bonds is 13. The van der Waals surface area contributed by atoms with E-state index in [1.165, 1.54) is 24.1 Å². The minimum absolute atomic E-state index is 0.0188. The molecule has 0 heterocycles. The number of carbonyl (C=O) groups excluding carboxylic acids is 2. The van der Waals surface area contributed by atoms with Gasteiger partial charge in [-0.05, 0) is 73.4 Å². The molecule has 0 unspecified atom stereocenters. The molecule has 42 heavy (non-hydrogen) atoms. The Morgan fingerprint density at radius 1 is 0.905 bits per heavy atom. The Hall–Kier alpha value is -4.05. The van der Waals surface area contributed by atoms with E-state index >= 15 is 0 Å². The van der Waals surface area contributed by atoms with Gasteiger partial charge in [-0.3, -0.25) is 13.9 Å². The Morgan fingerprint density at radius 3 is 2.19 bits per heavy atom. The number of anilines is 1. The lowest BCUT2D eigenvalue weighted by Gasteiger charge is -2.33. The number of sulfonamides is 1. The van der Waals surface area contributed by atoms with Gasteiger partial charge >= 0.3 is 0 Å². The number of hydrogen-bond donors (Lipinski definition) is 1. The van der Waals surface area contributed by atoms with Crippen LogP contribution in [0.2, 0.25) is 0 Å². The van der Waals surface area contributed by atoms with Crippen LogP contribution in [0.3, 0.4) is 0 Å². The Balaban J connectivity index is 1.70. The molecule has 0 radical (unpaired) electrons. The van der Waals surface area contributed by atoms with Gasteiger partial charge in [0.25, 0.3) is 10.0 Å². The summed E-state index contributed by atoms with van der Waals surface area (Å²) in [5, 5.41) is 3.12. The summed E-state index contributed by atoms with van der Waals surface area (Å²) in [5.74, 6) is 0.410. The zero-order chi connectivity index (χ0) is 30.1. The first-order valence-electron chi connectivity index (χ1n) is 14.2. The number of benzene rings is 3. The van der Waals surface area contributed by atoms with E-state index in [0.717, 1.165) is 35.6 Å². The molecular weight excluding hydrogens is 554 g/mol. The van der Waals surface area contributed by atoms with E-state index in [1.54, 1.807) is 55.6 Å². The third-order valence-corrected chi connectivity index (χ3v) is 9.33. The Bertz CT molecular complexity index is 1440. The minimum Gasteiger partial charge on any atom is -0.497 e. The topological polar surface area (TPSA) is 105 Å². The van der Waals surface area contributed by atoms with Crippen molar-refractivity contribution in [3.05, 3.63) is 84.4 Å². The third-order valence-electron chi connectivity index (χ3n) is 7.55. The highest BCUT2D eigenvalue weighted by atomic mass is 32.2. The highest BCUT2D eigenvalue weighted by Crippen LogP contribution is 2.26. The zero-order valence-electron chi connectivity index (χ0n) is 24.4. The summed E-state index contributed by atoms with van der Waals surface area (Å²) in [5.41, 5.74) is 1.10. The van der Waals surface area contributed by atoms with Crippen LogP contribution in [-0.2, 0) is 26.2 Å². The largest absolute Gasteiger partial charge is 0.497 e. The van der Waals surface area contributed by atoms with Gasteiger partial charge in [0, 0.05) is 12.6 Å². The third kappa shape index (κ3) is 7.42. The SMILES string of the molecule is CC[C@H](C(=O)NC1CCCC1)N(Cc1cccc(OC)c1)C(=O)CN(c1ccccc1)S(=O)(=O)c1ccc(OC)cc1. The molecule has 0 bridgehead atoms. The number of amides is 2. The molecule has 4 rings (SSSR count). The Kier molecular flexibility index (Phi) is 10.5. The van der Waals surface area contributed by atoms with Crippen LogP contribution in [0.1, 0.15) is 44.6 Å². The molecule has 3 aromatic carbocycles. The summed E-state index contributed by atoms with van der Waals surface area (Å²) in [6, 6.07) is 21.1. The van der Waals surface area contributed by atoms with Crippen LogP contribution in [0, 0.1) is 0 Å². The van der Waals surface area contributed by atoms with Gasteiger partial charge in [0.1, 0.15) is 24.1 Å². The van der Waals surface area contributed by atoms with Gasteiger partial charge in [-0.2, -0.15) is 0 Å².